The van der Waals surface area contributed by atoms with Crippen LogP contribution in [-0.2, 0) is 0 Å². The van der Waals surface area contributed by atoms with Crippen molar-refractivity contribution in [2.45, 2.75) is 59.8 Å². The van der Waals surface area contributed by atoms with Crippen LogP contribution in [0.15, 0.2) is 0 Å². The molecule has 1 rings (SSSR count). The summed E-state index contributed by atoms with van der Waals surface area (Å²) in [7, 11) is 0. The van der Waals surface area contributed by atoms with E-state index < -0.39 is 0 Å². The first-order valence-electron chi connectivity index (χ1n) is 6.11. The Morgan fingerprint density at radius 2 is 1.69 bits per heavy atom. The van der Waals surface area contributed by atoms with Gasteiger partial charge >= 0.3 is 0 Å². The SMILES string of the molecule is CCC1CC(C)CC(CC(C)C)C1. The lowest BCUT2D eigenvalue weighted by molar-refractivity contribution is 0.181. The van der Waals surface area contributed by atoms with Gasteiger partial charge in [0, 0.05) is 0 Å². The van der Waals surface area contributed by atoms with E-state index in [0.717, 1.165) is 23.7 Å². The summed E-state index contributed by atoms with van der Waals surface area (Å²) in [5, 5.41) is 0. The Morgan fingerprint density at radius 1 is 1.08 bits per heavy atom. The van der Waals surface area contributed by atoms with Crippen molar-refractivity contribution in [2.24, 2.45) is 23.7 Å². The molecule has 0 saturated heterocycles. The summed E-state index contributed by atoms with van der Waals surface area (Å²) in [5.74, 6) is 3.96. The molecule has 0 bridgehead atoms. The molecule has 3 unspecified atom stereocenters. The van der Waals surface area contributed by atoms with Crippen molar-refractivity contribution in [1.82, 2.24) is 0 Å². The maximum Gasteiger partial charge on any atom is -0.0407 e. The van der Waals surface area contributed by atoms with E-state index in [9.17, 15) is 0 Å². The van der Waals surface area contributed by atoms with Gasteiger partial charge in [0.15, 0.2) is 0 Å². The van der Waals surface area contributed by atoms with Crippen molar-refractivity contribution in [3.05, 3.63) is 0 Å². The van der Waals surface area contributed by atoms with Gasteiger partial charge < -0.3 is 0 Å². The summed E-state index contributed by atoms with van der Waals surface area (Å²) in [6.07, 6.45) is 7.36. The molecule has 1 aliphatic rings. The minimum absolute atomic E-state index is 0.896. The summed E-state index contributed by atoms with van der Waals surface area (Å²) in [4.78, 5) is 0. The average Bonchev–Trinajstić information content (AvgIpc) is 2.01. The van der Waals surface area contributed by atoms with Crippen LogP contribution in [0.2, 0.25) is 0 Å². The van der Waals surface area contributed by atoms with E-state index in [1.165, 1.54) is 32.1 Å². The van der Waals surface area contributed by atoms with Crippen molar-refractivity contribution in [2.75, 3.05) is 0 Å². The van der Waals surface area contributed by atoms with Crippen LogP contribution in [0.25, 0.3) is 0 Å². The van der Waals surface area contributed by atoms with Crippen LogP contribution in [0.4, 0.5) is 0 Å². The van der Waals surface area contributed by atoms with Gasteiger partial charge in [-0.1, -0.05) is 34.1 Å². The summed E-state index contributed by atoms with van der Waals surface area (Å²) in [6.45, 7) is 9.52. The standard InChI is InChI=1S/C13H26/c1-5-12-7-11(4)8-13(9-12)6-10(2)3/h10-13H,5-9H2,1-4H3. The Kier molecular flexibility index (Phi) is 4.28. The van der Waals surface area contributed by atoms with Gasteiger partial charge in [-0.2, -0.15) is 0 Å². The highest BCUT2D eigenvalue weighted by atomic mass is 14.3. The molecule has 0 N–H and O–H groups in total. The summed E-state index contributed by atoms with van der Waals surface area (Å²) < 4.78 is 0. The second kappa shape index (κ2) is 5.02. The number of rotatable bonds is 3. The van der Waals surface area contributed by atoms with Crippen LogP contribution in [0, 0.1) is 23.7 Å². The summed E-state index contributed by atoms with van der Waals surface area (Å²) in [6, 6.07) is 0. The Morgan fingerprint density at radius 3 is 2.23 bits per heavy atom. The maximum absolute atomic E-state index is 2.44. The van der Waals surface area contributed by atoms with Crippen LogP contribution in [0.5, 0.6) is 0 Å². The third kappa shape index (κ3) is 3.70. The number of hydrogen-bond donors (Lipinski definition) is 0. The third-order valence-corrected chi connectivity index (χ3v) is 3.52. The molecule has 0 spiro atoms. The molecule has 1 fully saturated rings. The lowest BCUT2D eigenvalue weighted by Crippen LogP contribution is -2.22. The quantitative estimate of drug-likeness (QED) is 0.603. The lowest BCUT2D eigenvalue weighted by atomic mass is 9.72. The molecule has 1 aliphatic carbocycles. The van der Waals surface area contributed by atoms with Gasteiger partial charge in [-0.25, -0.2) is 0 Å². The van der Waals surface area contributed by atoms with Gasteiger partial charge in [0.25, 0.3) is 0 Å². The zero-order chi connectivity index (χ0) is 9.84. The second-order valence-electron chi connectivity index (χ2n) is 5.58. The van der Waals surface area contributed by atoms with Crippen LogP contribution in [-0.4, -0.2) is 0 Å². The highest BCUT2D eigenvalue weighted by Crippen LogP contribution is 2.37. The zero-order valence-electron chi connectivity index (χ0n) is 9.84. The first kappa shape index (κ1) is 11.1. The smallest absolute Gasteiger partial charge is 0.0407 e. The molecule has 0 aromatic rings. The molecule has 1 saturated carbocycles. The predicted octanol–water partition coefficient (Wildman–Crippen LogP) is 4.49. The van der Waals surface area contributed by atoms with E-state index in [2.05, 4.69) is 27.7 Å². The van der Waals surface area contributed by atoms with Crippen LogP contribution < -0.4 is 0 Å². The molecule has 78 valence electrons. The Balaban J connectivity index is 2.37. The minimum Gasteiger partial charge on any atom is -0.0651 e. The third-order valence-electron chi connectivity index (χ3n) is 3.52. The molecule has 0 aliphatic heterocycles. The molecule has 0 amide bonds. The van der Waals surface area contributed by atoms with Gasteiger partial charge in [-0.15, -0.1) is 0 Å². The van der Waals surface area contributed by atoms with Gasteiger partial charge in [-0.3, -0.25) is 0 Å². The highest BCUT2D eigenvalue weighted by molar-refractivity contribution is 4.77. The predicted molar refractivity (Wildman–Crippen MR) is 59.7 cm³/mol. The van der Waals surface area contributed by atoms with Crippen LogP contribution >= 0.6 is 0 Å². The summed E-state index contributed by atoms with van der Waals surface area (Å²) in [5.41, 5.74) is 0. The van der Waals surface area contributed by atoms with E-state index in [-0.39, 0.29) is 0 Å². The molecule has 0 aromatic heterocycles. The fourth-order valence-corrected chi connectivity index (χ4v) is 3.09. The molecule has 0 radical (unpaired) electrons. The second-order valence-corrected chi connectivity index (χ2v) is 5.58. The van der Waals surface area contributed by atoms with E-state index in [0.29, 0.717) is 0 Å². The summed E-state index contributed by atoms with van der Waals surface area (Å²) >= 11 is 0. The molecular weight excluding hydrogens is 156 g/mol. The van der Waals surface area contributed by atoms with Gasteiger partial charge in [0.2, 0.25) is 0 Å². The molecule has 0 nitrogen and oxygen atoms in total. The normalized spacial score (nSPS) is 35.3. The molecule has 0 heteroatoms. The Bertz CT molecular complexity index is 135. The van der Waals surface area contributed by atoms with E-state index >= 15 is 0 Å². The lowest BCUT2D eigenvalue weighted by Gasteiger charge is -2.33. The highest BCUT2D eigenvalue weighted by Gasteiger charge is 2.25. The van der Waals surface area contributed by atoms with Crippen molar-refractivity contribution >= 4 is 0 Å². The largest absolute Gasteiger partial charge is 0.0651 e. The van der Waals surface area contributed by atoms with Crippen molar-refractivity contribution in [3.8, 4) is 0 Å². The monoisotopic (exact) mass is 182 g/mol. The van der Waals surface area contributed by atoms with Gasteiger partial charge in [0.1, 0.15) is 0 Å². The molecule has 0 aromatic carbocycles. The average molecular weight is 182 g/mol. The van der Waals surface area contributed by atoms with Crippen molar-refractivity contribution in [3.63, 3.8) is 0 Å². The van der Waals surface area contributed by atoms with Crippen LogP contribution in [0.3, 0.4) is 0 Å². The van der Waals surface area contributed by atoms with E-state index in [1.807, 2.05) is 0 Å². The van der Waals surface area contributed by atoms with Crippen molar-refractivity contribution < 1.29 is 0 Å². The minimum atomic E-state index is 0.896. The van der Waals surface area contributed by atoms with Crippen molar-refractivity contribution in [1.29, 1.82) is 0 Å². The Hall–Kier alpha value is 0. The van der Waals surface area contributed by atoms with E-state index in [4.69, 9.17) is 0 Å². The first-order chi connectivity index (χ1) is 6.11. The Labute approximate surface area is 84.1 Å². The zero-order valence-corrected chi connectivity index (χ0v) is 9.84. The van der Waals surface area contributed by atoms with Gasteiger partial charge in [0.05, 0.1) is 0 Å². The molecule has 13 heavy (non-hydrogen) atoms. The molecule has 0 heterocycles. The van der Waals surface area contributed by atoms with Crippen LogP contribution in [0.1, 0.15) is 59.8 Å². The number of hydrogen-bond acceptors (Lipinski definition) is 0. The fourth-order valence-electron chi connectivity index (χ4n) is 3.09. The maximum atomic E-state index is 2.44. The molecular formula is C13H26. The topological polar surface area (TPSA) is 0 Å². The first-order valence-corrected chi connectivity index (χ1v) is 6.11. The van der Waals surface area contributed by atoms with E-state index in [1.54, 1.807) is 0 Å². The van der Waals surface area contributed by atoms with Gasteiger partial charge in [-0.05, 0) is 49.4 Å². The molecule has 3 atom stereocenters. The fraction of sp³-hybridized carbons (Fsp3) is 1.00.